The van der Waals surface area contributed by atoms with Crippen LogP contribution in [0.25, 0.3) is 0 Å². The number of piperidine rings is 1. The van der Waals surface area contributed by atoms with Crippen molar-refractivity contribution in [2.24, 2.45) is 5.92 Å². The van der Waals surface area contributed by atoms with E-state index in [0.29, 0.717) is 19.1 Å². The van der Waals surface area contributed by atoms with E-state index in [1.54, 1.807) is 7.11 Å². The molecule has 0 saturated carbocycles. The molecule has 1 atom stereocenters. The van der Waals surface area contributed by atoms with Crippen LogP contribution >= 0.6 is 12.4 Å². The van der Waals surface area contributed by atoms with Gasteiger partial charge in [-0.15, -0.1) is 12.4 Å². The molecular weight excluding hydrogens is 292 g/mol. The topological polar surface area (TPSA) is 59.6 Å². The second-order valence-electron chi connectivity index (χ2n) is 5.73. The normalized spacial score (nSPS) is 18.9. The fourth-order valence-electron chi connectivity index (χ4n) is 2.67. The number of carbonyl (C=O) groups excluding carboxylic acids is 1. The van der Waals surface area contributed by atoms with Crippen LogP contribution in [0.5, 0.6) is 0 Å². The van der Waals surface area contributed by atoms with E-state index >= 15 is 0 Å². The molecule has 0 spiro atoms. The molecule has 21 heavy (non-hydrogen) atoms. The molecule has 2 N–H and O–H groups in total. The first-order valence-corrected chi connectivity index (χ1v) is 7.71. The second-order valence-corrected chi connectivity index (χ2v) is 5.73. The van der Waals surface area contributed by atoms with Crippen molar-refractivity contribution in [1.82, 2.24) is 10.6 Å². The lowest BCUT2D eigenvalue weighted by Gasteiger charge is -2.35. The molecule has 0 aromatic heterocycles. The van der Waals surface area contributed by atoms with Crippen LogP contribution in [-0.2, 0) is 14.3 Å². The highest BCUT2D eigenvalue weighted by atomic mass is 35.5. The Morgan fingerprint density at radius 1 is 1.33 bits per heavy atom. The third-order valence-corrected chi connectivity index (χ3v) is 4.05. The van der Waals surface area contributed by atoms with Gasteiger partial charge in [0.2, 0.25) is 0 Å². The van der Waals surface area contributed by atoms with E-state index in [2.05, 4.69) is 24.5 Å². The summed E-state index contributed by atoms with van der Waals surface area (Å²) in [5, 5.41) is 6.27. The minimum atomic E-state index is -0.649. The number of halogens is 1. The first-order valence-electron chi connectivity index (χ1n) is 7.71. The lowest BCUT2D eigenvalue weighted by Crippen LogP contribution is -2.54. The molecule has 1 amide bonds. The van der Waals surface area contributed by atoms with E-state index in [1.807, 2.05) is 6.92 Å². The van der Waals surface area contributed by atoms with Crippen molar-refractivity contribution in [3.05, 3.63) is 0 Å². The van der Waals surface area contributed by atoms with Crippen molar-refractivity contribution in [2.75, 3.05) is 33.4 Å². The number of carbonyl (C=O) groups is 1. The summed E-state index contributed by atoms with van der Waals surface area (Å²) in [7, 11) is 1.63. The molecule has 1 rings (SSSR count). The first-order chi connectivity index (χ1) is 9.55. The smallest absolute Gasteiger partial charge is 0.252 e. The van der Waals surface area contributed by atoms with Gasteiger partial charge in [0.05, 0.1) is 6.10 Å². The molecule has 0 radical (unpaired) electrons. The Morgan fingerprint density at radius 3 is 2.43 bits per heavy atom. The molecule has 126 valence electrons. The lowest BCUT2D eigenvalue weighted by atomic mass is 9.91. The number of methoxy groups -OCH3 is 1. The van der Waals surface area contributed by atoms with Crippen LogP contribution in [0.2, 0.25) is 0 Å². The molecule has 6 heteroatoms. The van der Waals surface area contributed by atoms with Gasteiger partial charge in [0.15, 0.2) is 0 Å². The highest BCUT2D eigenvalue weighted by Crippen LogP contribution is 2.22. The van der Waals surface area contributed by atoms with Crippen LogP contribution in [0.1, 0.15) is 40.0 Å². The minimum Gasteiger partial charge on any atom is -0.378 e. The molecule has 1 fully saturated rings. The average Bonchev–Trinajstić information content (AvgIpc) is 2.46. The van der Waals surface area contributed by atoms with Gasteiger partial charge in [-0.3, -0.25) is 4.79 Å². The largest absolute Gasteiger partial charge is 0.378 e. The highest BCUT2D eigenvalue weighted by molar-refractivity contribution is 5.85. The third-order valence-electron chi connectivity index (χ3n) is 4.05. The molecule has 0 aromatic rings. The van der Waals surface area contributed by atoms with Gasteiger partial charge in [-0.1, -0.05) is 13.8 Å². The number of ether oxygens (including phenoxy) is 2. The van der Waals surface area contributed by atoms with Gasteiger partial charge in [0, 0.05) is 20.3 Å². The minimum absolute atomic E-state index is 0. The number of amides is 1. The molecule has 0 bridgehead atoms. The molecule has 1 saturated heterocycles. The number of nitrogens with one attached hydrogen (secondary N) is 2. The summed E-state index contributed by atoms with van der Waals surface area (Å²) in [5.74, 6) is 0.475. The summed E-state index contributed by atoms with van der Waals surface area (Å²) in [6.07, 6.45) is 2.50. The van der Waals surface area contributed by atoms with Gasteiger partial charge in [-0.2, -0.15) is 0 Å². The van der Waals surface area contributed by atoms with Crippen LogP contribution in [0.15, 0.2) is 0 Å². The SMILES string of the molecule is CCOC(CCNC(=O)C1(OC)CCNCC1)C(C)C.Cl. The van der Waals surface area contributed by atoms with Gasteiger partial charge in [0.25, 0.3) is 5.91 Å². The predicted molar refractivity (Wildman–Crippen MR) is 87.0 cm³/mol. The van der Waals surface area contributed by atoms with E-state index < -0.39 is 5.60 Å². The van der Waals surface area contributed by atoms with E-state index in [4.69, 9.17) is 9.47 Å². The number of hydrogen-bond donors (Lipinski definition) is 2. The van der Waals surface area contributed by atoms with Gasteiger partial charge < -0.3 is 20.1 Å². The van der Waals surface area contributed by atoms with Crippen molar-refractivity contribution >= 4 is 18.3 Å². The average molecular weight is 323 g/mol. The van der Waals surface area contributed by atoms with Gasteiger partial charge in [-0.05, 0) is 45.2 Å². The van der Waals surface area contributed by atoms with E-state index in [1.165, 1.54) is 0 Å². The Balaban J connectivity index is 0.00000400. The fraction of sp³-hybridized carbons (Fsp3) is 0.933. The molecular formula is C15H31ClN2O3. The van der Waals surface area contributed by atoms with Gasteiger partial charge in [-0.25, -0.2) is 0 Å². The summed E-state index contributed by atoms with van der Waals surface area (Å²) in [4.78, 5) is 12.4. The molecule has 5 nitrogen and oxygen atoms in total. The first kappa shape index (κ1) is 20.6. The monoisotopic (exact) mass is 322 g/mol. The second kappa shape index (κ2) is 10.4. The zero-order valence-corrected chi connectivity index (χ0v) is 14.6. The van der Waals surface area contributed by atoms with E-state index in [0.717, 1.165) is 32.4 Å². The fourth-order valence-corrected chi connectivity index (χ4v) is 2.67. The highest BCUT2D eigenvalue weighted by Gasteiger charge is 2.39. The molecule has 1 aliphatic rings. The Hall–Kier alpha value is -0.360. The molecule has 1 unspecified atom stereocenters. The van der Waals surface area contributed by atoms with Crippen LogP contribution in [-0.4, -0.2) is 51.0 Å². The van der Waals surface area contributed by atoms with Crippen LogP contribution in [0.3, 0.4) is 0 Å². The lowest BCUT2D eigenvalue weighted by molar-refractivity contribution is -0.146. The quantitative estimate of drug-likeness (QED) is 0.714. The van der Waals surface area contributed by atoms with Gasteiger partial charge >= 0.3 is 0 Å². The molecule has 0 aromatic carbocycles. The van der Waals surface area contributed by atoms with Crippen molar-refractivity contribution in [1.29, 1.82) is 0 Å². The van der Waals surface area contributed by atoms with E-state index in [9.17, 15) is 4.79 Å². The summed E-state index contributed by atoms with van der Waals surface area (Å²) >= 11 is 0. The van der Waals surface area contributed by atoms with Crippen molar-refractivity contribution in [3.8, 4) is 0 Å². The molecule has 1 aliphatic heterocycles. The van der Waals surface area contributed by atoms with E-state index in [-0.39, 0.29) is 24.4 Å². The maximum Gasteiger partial charge on any atom is 0.252 e. The van der Waals surface area contributed by atoms with Crippen molar-refractivity contribution in [2.45, 2.75) is 51.7 Å². The summed E-state index contributed by atoms with van der Waals surface area (Å²) < 4.78 is 11.2. The van der Waals surface area contributed by atoms with Crippen molar-refractivity contribution in [3.63, 3.8) is 0 Å². The zero-order valence-electron chi connectivity index (χ0n) is 13.7. The van der Waals surface area contributed by atoms with Crippen LogP contribution in [0, 0.1) is 5.92 Å². The van der Waals surface area contributed by atoms with Crippen LogP contribution < -0.4 is 10.6 Å². The Kier molecular flexibility index (Phi) is 10.2. The zero-order chi connectivity index (χ0) is 15.0. The van der Waals surface area contributed by atoms with Crippen molar-refractivity contribution < 1.29 is 14.3 Å². The molecule has 1 heterocycles. The maximum atomic E-state index is 12.4. The summed E-state index contributed by atoms with van der Waals surface area (Å²) in [6.45, 7) is 9.30. The summed E-state index contributed by atoms with van der Waals surface area (Å²) in [6, 6.07) is 0. The summed E-state index contributed by atoms with van der Waals surface area (Å²) in [5.41, 5.74) is -0.649. The standard InChI is InChI=1S/C15H30N2O3.ClH/c1-5-20-13(12(2)3)6-9-17-14(18)15(19-4)7-10-16-11-8-15;/h12-13,16H,5-11H2,1-4H3,(H,17,18);1H. The van der Waals surface area contributed by atoms with Crippen LogP contribution in [0.4, 0.5) is 0 Å². The number of rotatable bonds is 8. The number of hydrogen-bond acceptors (Lipinski definition) is 4. The predicted octanol–water partition coefficient (Wildman–Crippen LogP) is 1.74. The Labute approximate surface area is 134 Å². The Morgan fingerprint density at radius 2 is 1.95 bits per heavy atom. The third kappa shape index (κ3) is 6.10. The maximum absolute atomic E-state index is 12.4. The van der Waals surface area contributed by atoms with Gasteiger partial charge in [0.1, 0.15) is 5.60 Å². The Bertz CT molecular complexity index is 295. The molecule has 0 aliphatic carbocycles.